The highest BCUT2D eigenvalue weighted by Crippen LogP contribution is 2.41. The fourth-order valence-corrected chi connectivity index (χ4v) is 3.92. The molecule has 0 aliphatic carbocycles. The van der Waals surface area contributed by atoms with Gasteiger partial charge >= 0.3 is 0 Å². The van der Waals surface area contributed by atoms with E-state index in [2.05, 4.69) is 17.3 Å². The zero-order chi connectivity index (χ0) is 13.5. The number of nitrogens with two attached hydrogens (primary N) is 1. The van der Waals surface area contributed by atoms with E-state index in [1.807, 2.05) is 24.3 Å². The van der Waals surface area contributed by atoms with Crippen molar-refractivity contribution in [2.45, 2.75) is 43.3 Å². The Kier molecular flexibility index (Phi) is 3.46. The molecule has 2 bridgehead atoms. The summed E-state index contributed by atoms with van der Waals surface area (Å²) in [4.78, 5) is 2.53. The zero-order valence-corrected chi connectivity index (χ0v) is 12.2. The fraction of sp³-hybridized carbons (Fsp3) is 0.600. The molecule has 0 radical (unpaired) electrons. The van der Waals surface area contributed by atoms with Gasteiger partial charge in [-0.1, -0.05) is 23.7 Å². The number of nitrogens with zero attached hydrogens (tertiary/aromatic N) is 1. The summed E-state index contributed by atoms with van der Waals surface area (Å²) in [6, 6.07) is 9.27. The molecular formula is C15H22ClN3. The number of halogens is 1. The minimum atomic E-state index is 0.00331. The van der Waals surface area contributed by atoms with Crippen LogP contribution in [-0.2, 0) is 0 Å². The van der Waals surface area contributed by atoms with E-state index in [-0.39, 0.29) is 5.54 Å². The Bertz CT molecular complexity index is 448. The molecule has 2 unspecified atom stereocenters. The van der Waals surface area contributed by atoms with Crippen LogP contribution in [0.25, 0.3) is 0 Å². The van der Waals surface area contributed by atoms with Gasteiger partial charge in [0.2, 0.25) is 0 Å². The molecule has 1 aromatic carbocycles. The number of benzene rings is 1. The highest BCUT2D eigenvalue weighted by atomic mass is 35.5. The van der Waals surface area contributed by atoms with Gasteiger partial charge in [-0.25, -0.2) is 0 Å². The van der Waals surface area contributed by atoms with Gasteiger partial charge in [-0.15, -0.1) is 0 Å². The molecule has 0 saturated carbocycles. The predicted molar refractivity (Wildman–Crippen MR) is 80.7 cm³/mol. The molecule has 104 valence electrons. The molecule has 4 heteroatoms. The minimum Gasteiger partial charge on any atom is -0.377 e. The Labute approximate surface area is 120 Å². The summed E-state index contributed by atoms with van der Waals surface area (Å²) in [5.74, 6) is 0. The average molecular weight is 280 g/mol. The van der Waals surface area contributed by atoms with Crippen molar-refractivity contribution in [1.29, 1.82) is 0 Å². The van der Waals surface area contributed by atoms with Crippen molar-refractivity contribution in [3.63, 3.8) is 0 Å². The fourth-order valence-electron chi connectivity index (χ4n) is 3.74. The van der Waals surface area contributed by atoms with Crippen LogP contribution in [0.1, 0.15) is 25.7 Å². The second-order valence-corrected chi connectivity index (χ2v) is 6.46. The second-order valence-electron chi connectivity index (χ2n) is 6.05. The predicted octanol–water partition coefficient (Wildman–Crippen LogP) is 2.71. The molecule has 0 amide bonds. The van der Waals surface area contributed by atoms with Crippen molar-refractivity contribution >= 4 is 17.3 Å². The van der Waals surface area contributed by atoms with Gasteiger partial charge in [-0.3, -0.25) is 0 Å². The summed E-state index contributed by atoms with van der Waals surface area (Å²) < 4.78 is 0. The van der Waals surface area contributed by atoms with Crippen LogP contribution in [0, 0.1) is 0 Å². The Morgan fingerprint density at radius 1 is 1.32 bits per heavy atom. The van der Waals surface area contributed by atoms with Crippen LogP contribution >= 0.6 is 11.6 Å². The molecular weight excluding hydrogens is 258 g/mol. The number of fused-ring (bicyclic) bond motifs is 2. The van der Waals surface area contributed by atoms with E-state index in [9.17, 15) is 0 Å². The van der Waals surface area contributed by atoms with Crippen LogP contribution in [0.3, 0.4) is 0 Å². The average Bonchev–Trinajstić information content (AvgIpc) is 2.65. The first-order valence-electron chi connectivity index (χ1n) is 7.08. The van der Waals surface area contributed by atoms with Crippen LogP contribution in [-0.4, -0.2) is 36.1 Å². The van der Waals surface area contributed by atoms with Crippen LogP contribution < -0.4 is 11.1 Å². The summed E-state index contributed by atoms with van der Waals surface area (Å²) in [5.41, 5.74) is 7.13. The summed E-state index contributed by atoms with van der Waals surface area (Å²) in [6.07, 6.45) is 4.82. The zero-order valence-electron chi connectivity index (χ0n) is 11.4. The van der Waals surface area contributed by atoms with Crippen molar-refractivity contribution in [3.8, 4) is 0 Å². The van der Waals surface area contributed by atoms with Gasteiger partial charge in [0.15, 0.2) is 0 Å². The van der Waals surface area contributed by atoms with E-state index in [4.69, 9.17) is 17.3 Å². The quantitative estimate of drug-likeness (QED) is 0.894. The molecule has 2 saturated heterocycles. The Hall–Kier alpha value is -0.770. The molecule has 19 heavy (non-hydrogen) atoms. The van der Waals surface area contributed by atoms with Crippen molar-refractivity contribution in [2.75, 3.05) is 18.9 Å². The molecule has 3 nitrogen and oxygen atoms in total. The lowest BCUT2D eigenvalue weighted by Gasteiger charge is -2.46. The van der Waals surface area contributed by atoms with Gasteiger partial charge in [0, 0.05) is 18.6 Å². The monoisotopic (exact) mass is 279 g/mol. The van der Waals surface area contributed by atoms with E-state index < -0.39 is 0 Å². The van der Waals surface area contributed by atoms with Crippen molar-refractivity contribution in [2.24, 2.45) is 5.73 Å². The van der Waals surface area contributed by atoms with Crippen LogP contribution in [0.5, 0.6) is 0 Å². The van der Waals surface area contributed by atoms with Crippen LogP contribution in [0.15, 0.2) is 24.3 Å². The first kappa shape index (κ1) is 13.2. The van der Waals surface area contributed by atoms with E-state index in [0.29, 0.717) is 18.6 Å². The topological polar surface area (TPSA) is 41.3 Å². The Balaban J connectivity index is 1.83. The molecule has 3 N–H and O–H groups in total. The second kappa shape index (κ2) is 4.97. The van der Waals surface area contributed by atoms with Gasteiger partial charge in [0.05, 0.1) is 16.2 Å². The number of piperidine rings is 1. The molecule has 2 fully saturated rings. The third kappa shape index (κ3) is 2.35. The lowest BCUT2D eigenvalue weighted by Crippen LogP contribution is -2.57. The highest BCUT2D eigenvalue weighted by molar-refractivity contribution is 6.33. The van der Waals surface area contributed by atoms with E-state index >= 15 is 0 Å². The summed E-state index contributed by atoms with van der Waals surface area (Å²) in [7, 11) is 2.25. The minimum absolute atomic E-state index is 0.00331. The maximum atomic E-state index is 6.27. The van der Waals surface area contributed by atoms with E-state index in [0.717, 1.165) is 23.6 Å². The maximum absolute atomic E-state index is 6.27. The number of anilines is 1. The smallest absolute Gasteiger partial charge is 0.0637 e. The molecule has 2 heterocycles. The first-order chi connectivity index (χ1) is 9.13. The van der Waals surface area contributed by atoms with Crippen molar-refractivity contribution < 1.29 is 0 Å². The largest absolute Gasteiger partial charge is 0.377 e. The van der Waals surface area contributed by atoms with E-state index in [1.165, 1.54) is 12.8 Å². The molecule has 1 aromatic rings. The molecule has 3 rings (SSSR count). The molecule has 2 aliphatic heterocycles. The van der Waals surface area contributed by atoms with Gasteiger partial charge in [-0.05, 0) is 44.9 Å². The van der Waals surface area contributed by atoms with Gasteiger partial charge in [0.1, 0.15) is 0 Å². The third-order valence-electron chi connectivity index (χ3n) is 4.90. The van der Waals surface area contributed by atoms with Gasteiger partial charge in [0.25, 0.3) is 0 Å². The van der Waals surface area contributed by atoms with E-state index in [1.54, 1.807) is 0 Å². The summed E-state index contributed by atoms with van der Waals surface area (Å²) >= 11 is 6.27. The Morgan fingerprint density at radius 2 is 1.95 bits per heavy atom. The highest BCUT2D eigenvalue weighted by Gasteiger charge is 2.46. The van der Waals surface area contributed by atoms with Crippen molar-refractivity contribution in [3.05, 3.63) is 29.3 Å². The SMILES string of the molecule is CN1C2CCC1CC(CN)(Nc1ccccc1Cl)C2. The number of hydrogen-bond acceptors (Lipinski definition) is 3. The van der Waals surface area contributed by atoms with Crippen LogP contribution in [0.4, 0.5) is 5.69 Å². The summed E-state index contributed by atoms with van der Waals surface area (Å²) in [5, 5.41) is 4.43. The number of hydrogen-bond donors (Lipinski definition) is 2. The van der Waals surface area contributed by atoms with Crippen LogP contribution in [0.2, 0.25) is 5.02 Å². The standard InChI is InChI=1S/C15H22ClN3/c1-19-11-6-7-12(19)9-15(8-11,10-17)18-14-5-3-2-4-13(14)16/h2-5,11-12,18H,6-10,17H2,1H3. The normalized spacial score (nSPS) is 34.5. The molecule has 2 atom stereocenters. The molecule has 2 aliphatic rings. The molecule has 0 aromatic heterocycles. The number of rotatable bonds is 3. The summed E-state index contributed by atoms with van der Waals surface area (Å²) in [6.45, 7) is 0.666. The Morgan fingerprint density at radius 3 is 2.53 bits per heavy atom. The lowest BCUT2D eigenvalue weighted by atomic mass is 9.82. The lowest BCUT2D eigenvalue weighted by molar-refractivity contribution is 0.127. The van der Waals surface area contributed by atoms with Crippen molar-refractivity contribution in [1.82, 2.24) is 4.90 Å². The van der Waals surface area contributed by atoms with Gasteiger partial charge < -0.3 is 16.0 Å². The number of para-hydroxylation sites is 1. The van der Waals surface area contributed by atoms with Gasteiger partial charge in [-0.2, -0.15) is 0 Å². The third-order valence-corrected chi connectivity index (χ3v) is 5.23. The number of nitrogens with one attached hydrogen (secondary N) is 1. The molecule has 0 spiro atoms. The maximum Gasteiger partial charge on any atom is 0.0637 e. The first-order valence-corrected chi connectivity index (χ1v) is 7.46.